The summed E-state index contributed by atoms with van der Waals surface area (Å²) in [6, 6.07) is 18.9. The molecule has 3 aromatic rings. The second-order valence-corrected chi connectivity index (χ2v) is 6.86. The molecule has 4 rings (SSSR count). The van der Waals surface area contributed by atoms with Gasteiger partial charge in [0.2, 0.25) is 11.8 Å². The normalized spacial score (nSPS) is 17.9. The van der Waals surface area contributed by atoms with Gasteiger partial charge >= 0.3 is 6.01 Å². The van der Waals surface area contributed by atoms with Gasteiger partial charge in [0.05, 0.1) is 6.54 Å². The van der Waals surface area contributed by atoms with E-state index in [1.165, 1.54) is 12.5 Å². The van der Waals surface area contributed by atoms with E-state index in [0.717, 1.165) is 17.7 Å². The summed E-state index contributed by atoms with van der Waals surface area (Å²) >= 11 is 0. The minimum atomic E-state index is -0.235. The Morgan fingerprint density at radius 3 is 2.68 bits per heavy atom. The van der Waals surface area contributed by atoms with E-state index in [1.807, 2.05) is 30.3 Å². The molecule has 0 spiro atoms. The van der Waals surface area contributed by atoms with Gasteiger partial charge in [-0.2, -0.15) is 0 Å². The van der Waals surface area contributed by atoms with Crippen LogP contribution in [0.15, 0.2) is 59.0 Å². The van der Waals surface area contributed by atoms with Gasteiger partial charge in [-0.1, -0.05) is 47.6 Å². The first kappa shape index (κ1) is 18.2. The monoisotopic (exact) mass is 378 g/mol. The van der Waals surface area contributed by atoms with Crippen LogP contribution in [0, 0.1) is 0 Å². The average Bonchev–Trinajstić information content (AvgIpc) is 3.36. The van der Waals surface area contributed by atoms with Gasteiger partial charge in [0.15, 0.2) is 0 Å². The lowest BCUT2D eigenvalue weighted by Crippen LogP contribution is -2.17. The van der Waals surface area contributed by atoms with Gasteiger partial charge in [0, 0.05) is 18.9 Å². The lowest BCUT2D eigenvalue weighted by molar-refractivity contribution is -0.114. The fourth-order valence-corrected chi connectivity index (χ4v) is 3.09. The summed E-state index contributed by atoms with van der Waals surface area (Å²) in [6.07, 6.45) is 1.07. The quantitative estimate of drug-likeness (QED) is 0.625. The molecule has 1 fully saturated rings. The van der Waals surface area contributed by atoms with E-state index >= 15 is 0 Å². The average molecular weight is 378 g/mol. The first-order valence-electron chi connectivity index (χ1n) is 9.27. The van der Waals surface area contributed by atoms with Crippen LogP contribution in [-0.4, -0.2) is 22.1 Å². The molecule has 28 heavy (non-hydrogen) atoms. The Kier molecular flexibility index (Phi) is 5.34. The van der Waals surface area contributed by atoms with Gasteiger partial charge in [0.1, 0.15) is 12.4 Å². The van der Waals surface area contributed by atoms with Crippen LogP contribution in [0.1, 0.15) is 36.3 Å². The van der Waals surface area contributed by atoms with Crippen LogP contribution in [0.4, 0.5) is 6.01 Å². The lowest BCUT2D eigenvalue weighted by atomic mass is 10.1. The maximum Gasteiger partial charge on any atom is 0.322 e. The van der Waals surface area contributed by atoms with Crippen LogP contribution in [0.25, 0.3) is 0 Å². The molecule has 7 heteroatoms. The predicted octanol–water partition coefficient (Wildman–Crippen LogP) is 3.25. The third-order valence-electron chi connectivity index (χ3n) is 4.61. The Bertz CT molecular complexity index is 924. The van der Waals surface area contributed by atoms with E-state index in [2.05, 4.69) is 45.1 Å². The maximum absolute atomic E-state index is 11.0. The number of anilines is 1. The van der Waals surface area contributed by atoms with Gasteiger partial charge in [-0.25, -0.2) is 0 Å². The first-order valence-corrected chi connectivity index (χ1v) is 9.27. The molecular formula is C21H22N4O3. The lowest BCUT2D eigenvalue weighted by Gasteiger charge is -2.07. The van der Waals surface area contributed by atoms with Gasteiger partial charge in [-0.3, -0.25) is 10.1 Å². The van der Waals surface area contributed by atoms with Crippen LogP contribution in [0.3, 0.4) is 0 Å². The van der Waals surface area contributed by atoms with Crippen molar-refractivity contribution in [2.24, 2.45) is 0 Å². The minimum absolute atomic E-state index is 0.128. The van der Waals surface area contributed by atoms with Crippen LogP contribution in [0.5, 0.6) is 5.75 Å². The molecule has 0 radical (unpaired) electrons. The number of ether oxygens (including phenoxy) is 1. The van der Waals surface area contributed by atoms with Gasteiger partial charge < -0.3 is 14.5 Å². The number of nitrogens with zero attached hydrogens (tertiary/aromatic N) is 2. The van der Waals surface area contributed by atoms with Crippen molar-refractivity contribution in [2.45, 2.75) is 38.5 Å². The van der Waals surface area contributed by atoms with Gasteiger partial charge in [-0.05, 0) is 29.7 Å². The molecule has 2 aromatic carbocycles. The molecule has 0 aliphatic heterocycles. The van der Waals surface area contributed by atoms with E-state index in [0.29, 0.717) is 31.0 Å². The summed E-state index contributed by atoms with van der Waals surface area (Å²) in [5.74, 6) is 1.57. The van der Waals surface area contributed by atoms with E-state index in [9.17, 15) is 4.79 Å². The highest BCUT2D eigenvalue weighted by Gasteiger charge is 2.38. The molecule has 2 N–H and O–H groups in total. The molecule has 1 heterocycles. The van der Waals surface area contributed by atoms with Crippen molar-refractivity contribution in [3.05, 3.63) is 71.6 Å². The number of carbonyl (C=O) groups excluding carboxylic acids is 1. The summed E-state index contributed by atoms with van der Waals surface area (Å²) in [5.41, 5.74) is 2.44. The third kappa shape index (κ3) is 4.75. The first-order chi connectivity index (χ1) is 13.7. The van der Waals surface area contributed by atoms with E-state index in [4.69, 9.17) is 9.15 Å². The molecule has 0 saturated heterocycles. The Morgan fingerprint density at radius 2 is 1.93 bits per heavy atom. The third-order valence-corrected chi connectivity index (χ3v) is 4.61. The number of hydrogen-bond donors (Lipinski definition) is 2. The number of aromatic nitrogens is 2. The number of rotatable bonds is 8. The summed E-state index contributed by atoms with van der Waals surface area (Å²) in [7, 11) is 0. The molecule has 1 aliphatic carbocycles. The van der Waals surface area contributed by atoms with Crippen molar-refractivity contribution >= 4 is 11.9 Å². The summed E-state index contributed by atoms with van der Waals surface area (Å²) in [4.78, 5) is 11.0. The topological polar surface area (TPSA) is 89.3 Å². The zero-order chi connectivity index (χ0) is 19.3. The van der Waals surface area contributed by atoms with Crippen LogP contribution in [0.2, 0.25) is 0 Å². The highest BCUT2D eigenvalue weighted by molar-refractivity contribution is 5.86. The van der Waals surface area contributed by atoms with Crippen molar-refractivity contribution in [3.63, 3.8) is 0 Å². The molecule has 7 nitrogen and oxygen atoms in total. The standard InChI is InChI=1S/C21H22N4O3/c1-14(26)23-21-25-24-20(28-21)12-22-19-11-18(19)16-7-9-17(10-8-16)27-13-15-5-3-2-4-6-15/h2-10,18-19,22H,11-13H2,1H3,(H,23,25,26). The number of benzene rings is 2. The molecule has 2 unspecified atom stereocenters. The van der Waals surface area contributed by atoms with Crippen molar-refractivity contribution in [1.29, 1.82) is 0 Å². The number of amides is 1. The molecule has 1 saturated carbocycles. The highest BCUT2D eigenvalue weighted by atomic mass is 16.5. The molecule has 2 atom stereocenters. The molecule has 1 aliphatic rings. The molecule has 1 amide bonds. The Balaban J connectivity index is 1.23. The predicted molar refractivity (Wildman–Crippen MR) is 104 cm³/mol. The van der Waals surface area contributed by atoms with Gasteiger partial charge in [-0.15, -0.1) is 5.10 Å². The fourth-order valence-electron chi connectivity index (χ4n) is 3.09. The van der Waals surface area contributed by atoms with Crippen LogP contribution >= 0.6 is 0 Å². The van der Waals surface area contributed by atoms with Crippen LogP contribution in [-0.2, 0) is 17.9 Å². The van der Waals surface area contributed by atoms with Crippen molar-refractivity contribution < 1.29 is 13.9 Å². The van der Waals surface area contributed by atoms with Crippen molar-refractivity contribution in [3.8, 4) is 5.75 Å². The summed E-state index contributed by atoms with van der Waals surface area (Å²) < 4.78 is 11.2. The zero-order valence-electron chi connectivity index (χ0n) is 15.6. The smallest absolute Gasteiger partial charge is 0.322 e. The summed E-state index contributed by atoms with van der Waals surface area (Å²) in [6.45, 7) is 2.44. The van der Waals surface area contributed by atoms with Crippen LogP contribution < -0.4 is 15.4 Å². The maximum atomic E-state index is 11.0. The number of nitrogens with one attached hydrogen (secondary N) is 2. The number of hydrogen-bond acceptors (Lipinski definition) is 6. The highest BCUT2D eigenvalue weighted by Crippen LogP contribution is 2.41. The molecule has 144 valence electrons. The van der Waals surface area contributed by atoms with Gasteiger partial charge in [0.25, 0.3) is 0 Å². The Labute approximate surface area is 163 Å². The SMILES string of the molecule is CC(=O)Nc1nnc(CNC2CC2c2ccc(OCc3ccccc3)cc2)o1. The molecular weight excluding hydrogens is 356 g/mol. The molecule has 0 bridgehead atoms. The van der Waals surface area contributed by atoms with E-state index < -0.39 is 0 Å². The minimum Gasteiger partial charge on any atom is -0.489 e. The largest absolute Gasteiger partial charge is 0.489 e. The summed E-state index contributed by atoms with van der Waals surface area (Å²) in [5, 5.41) is 13.6. The Hall–Kier alpha value is -3.19. The second kappa shape index (κ2) is 8.22. The fraction of sp³-hybridized carbons (Fsp3) is 0.286. The van der Waals surface area contributed by atoms with Crippen molar-refractivity contribution in [1.82, 2.24) is 15.5 Å². The Morgan fingerprint density at radius 1 is 1.14 bits per heavy atom. The second-order valence-electron chi connectivity index (χ2n) is 6.86. The van der Waals surface area contributed by atoms with E-state index in [1.54, 1.807) is 0 Å². The number of carbonyl (C=O) groups is 1. The molecule has 1 aromatic heterocycles. The zero-order valence-corrected chi connectivity index (χ0v) is 15.6. The van der Waals surface area contributed by atoms with Crippen molar-refractivity contribution in [2.75, 3.05) is 5.32 Å². The van der Waals surface area contributed by atoms with E-state index in [-0.39, 0.29) is 11.9 Å².